The maximum atomic E-state index is 6.04. The highest BCUT2D eigenvalue weighted by atomic mass is 32.1. The molecule has 0 atom stereocenters. The molecule has 0 aromatic carbocycles. The molecule has 0 aliphatic carbocycles. The Labute approximate surface area is 115 Å². The fourth-order valence-electron chi connectivity index (χ4n) is 2.36. The van der Waals surface area contributed by atoms with Gasteiger partial charge in [0.25, 0.3) is 0 Å². The van der Waals surface area contributed by atoms with E-state index in [2.05, 4.69) is 39.1 Å². The Bertz CT molecular complexity index is 692. The number of aryl methyl sites for hydroxylation is 4. The van der Waals surface area contributed by atoms with Crippen molar-refractivity contribution in [2.75, 3.05) is 5.73 Å². The van der Waals surface area contributed by atoms with Gasteiger partial charge in [-0.2, -0.15) is 5.10 Å². The van der Waals surface area contributed by atoms with E-state index in [1.54, 1.807) is 11.3 Å². The van der Waals surface area contributed by atoms with Crippen molar-refractivity contribution in [3.05, 3.63) is 28.1 Å². The number of fused-ring (bicyclic) bond motifs is 1. The summed E-state index contributed by atoms with van der Waals surface area (Å²) >= 11 is 1.77. The quantitative estimate of drug-likeness (QED) is 0.795. The smallest absolute Gasteiger partial charge is 0.202 e. The van der Waals surface area contributed by atoms with E-state index in [0.717, 1.165) is 36.4 Å². The van der Waals surface area contributed by atoms with Crippen molar-refractivity contribution < 1.29 is 0 Å². The van der Waals surface area contributed by atoms with E-state index in [4.69, 9.17) is 5.73 Å². The van der Waals surface area contributed by atoms with Gasteiger partial charge >= 0.3 is 0 Å². The number of hydrogen-bond acceptors (Lipinski definition) is 4. The van der Waals surface area contributed by atoms with E-state index in [1.165, 1.54) is 4.88 Å². The second kappa shape index (κ2) is 4.70. The molecule has 0 aliphatic heterocycles. The zero-order valence-electron chi connectivity index (χ0n) is 11.1. The fraction of sp³-hybridized carbons (Fsp3) is 0.385. The van der Waals surface area contributed by atoms with Crippen LogP contribution in [0.15, 0.2) is 17.5 Å². The normalized spacial score (nSPS) is 11.5. The Morgan fingerprint density at radius 2 is 2.26 bits per heavy atom. The molecule has 3 rings (SSSR count). The van der Waals surface area contributed by atoms with Crippen LogP contribution in [0.25, 0.3) is 11.2 Å². The van der Waals surface area contributed by atoms with E-state index in [0.29, 0.717) is 5.95 Å². The molecule has 0 fully saturated rings. The lowest BCUT2D eigenvalue weighted by molar-refractivity contribution is 0.632. The molecule has 3 heterocycles. The molecule has 2 N–H and O–H groups in total. The summed E-state index contributed by atoms with van der Waals surface area (Å²) < 4.78 is 4.04. The minimum atomic E-state index is 0.578. The molecular weight excluding hydrogens is 258 g/mol. The van der Waals surface area contributed by atoms with Gasteiger partial charge in [-0.15, -0.1) is 11.3 Å². The maximum Gasteiger partial charge on any atom is 0.202 e. The first-order valence-corrected chi connectivity index (χ1v) is 7.30. The van der Waals surface area contributed by atoms with Gasteiger partial charge in [-0.1, -0.05) is 6.07 Å². The minimum Gasteiger partial charge on any atom is -0.369 e. The third-order valence-electron chi connectivity index (χ3n) is 3.29. The van der Waals surface area contributed by atoms with Gasteiger partial charge in [0.15, 0.2) is 5.65 Å². The first kappa shape index (κ1) is 12.2. The highest BCUT2D eigenvalue weighted by molar-refractivity contribution is 7.09. The minimum absolute atomic E-state index is 0.578. The molecule has 0 radical (unpaired) electrons. The van der Waals surface area contributed by atoms with Gasteiger partial charge in [0.1, 0.15) is 5.52 Å². The van der Waals surface area contributed by atoms with Gasteiger partial charge < -0.3 is 5.73 Å². The first-order valence-electron chi connectivity index (χ1n) is 6.42. The first-order chi connectivity index (χ1) is 9.20. The number of nitrogen functional groups attached to an aromatic ring is 1. The Kier molecular flexibility index (Phi) is 3.02. The van der Waals surface area contributed by atoms with Gasteiger partial charge in [0, 0.05) is 18.0 Å². The summed E-state index contributed by atoms with van der Waals surface area (Å²) in [6.07, 6.45) is 0.973. The Balaban J connectivity index is 1.99. The second-order valence-electron chi connectivity index (χ2n) is 4.52. The molecule has 0 saturated heterocycles. The van der Waals surface area contributed by atoms with Crippen LogP contribution in [0.1, 0.15) is 17.5 Å². The molecule has 0 aliphatic rings. The molecule has 100 valence electrons. The van der Waals surface area contributed by atoms with Gasteiger partial charge in [-0.05, 0) is 31.7 Å². The van der Waals surface area contributed by atoms with E-state index in [1.807, 2.05) is 11.6 Å². The molecule has 0 bridgehead atoms. The number of nitrogens with zero attached hydrogens (tertiary/aromatic N) is 4. The van der Waals surface area contributed by atoms with E-state index >= 15 is 0 Å². The van der Waals surface area contributed by atoms with Crippen LogP contribution in [0, 0.1) is 6.92 Å². The zero-order valence-corrected chi connectivity index (χ0v) is 11.9. The lowest BCUT2D eigenvalue weighted by Gasteiger charge is -2.07. The molecule has 19 heavy (non-hydrogen) atoms. The molecule has 3 aromatic heterocycles. The van der Waals surface area contributed by atoms with Crippen molar-refractivity contribution in [2.24, 2.45) is 0 Å². The average molecular weight is 275 g/mol. The van der Waals surface area contributed by atoms with Crippen molar-refractivity contribution in [1.29, 1.82) is 0 Å². The summed E-state index contributed by atoms with van der Waals surface area (Å²) in [5.74, 6) is 0.578. The van der Waals surface area contributed by atoms with E-state index in [9.17, 15) is 0 Å². The van der Waals surface area contributed by atoms with Crippen LogP contribution in [0.2, 0.25) is 0 Å². The number of nitrogens with two attached hydrogens (primary N) is 1. The van der Waals surface area contributed by atoms with Crippen LogP contribution in [0.3, 0.4) is 0 Å². The lowest BCUT2D eigenvalue weighted by atomic mass is 10.3. The van der Waals surface area contributed by atoms with Gasteiger partial charge in [-0.25, -0.2) is 9.67 Å². The number of thiophene rings is 1. The topological polar surface area (TPSA) is 61.7 Å². The molecule has 3 aromatic rings. The van der Waals surface area contributed by atoms with Crippen LogP contribution in [-0.4, -0.2) is 19.3 Å². The standard InChI is InChI=1S/C13H17N5S/c1-3-18-12-11(9(2)16-18)15-13(14)17(12)7-6-10-5-4-8-19-10/h4-5,8H,3,6-7H2,1-2H3,(H2,14,15). The molecule has 0 amide bonds. The third kappa shape index (κ3) is 2.02. The summed E-state index contributed by atoms with van der Waals surface area (Å²) in [5, 5.41) is 6.60. The number of imidazole rings is 1. The summed E-state index contributed by atoms with van der Waals surface area (Å²) in [7, 11) is 0. The molecule has 0 spiro atoms. The third-order valence-corrected chi connectivity index (χ3v) is 4.23. The highest BCUT2D eigenvalue weighted by Crippen LogP contribution is 2.22. The molecule has 6 heteroatoms. The van der Waals surface area contributed by atoms with Crippen molar-refractivity contribution >= 4 is 28.4 Å². The Morgan fingerprint density at radius 1 is 1.42 bits per heavy atom. The lowest BCUT2D eigenvalue weighted by Crippen LogP contribution is -2.09. The van der Waals surface area contributed by atoms with Gasteiger partial charge in [0.05, 0.1) is 5.69 Å². The predicted octanol–water partition coefficient (Wildman–Crippen LogP) is 2.45. The largest absolute Gasteiger partial charge is 0.369 e. The van der Waals surface area contributed by atoms with E-state index < -0.39 is 0 Å². The summed E-state index contributed by atoms with van der Waals surface area (Å²) in [6.45, 7) is 5.73. The van der Waals surface area contributed by atoms with Crippen molar-refractivity contribution in [3.8, 4) is 0 Å². The van der Waals surface area contributed by atoms with Crippen LogP contribution in [-0.2, 0) is 19.5 Å². The SMILES string of the molecule is CCn1nc(C)c2nc(N)n(CCc3cccs3)c21. The number of anilines is 1. The predicted molar refractivity (Wildman–Crippen MR) is 78.4 cm³/mol. The Hall–Kier alpha value is -1.82. The maximum absolute atomic E-state index is 6.04. The number of hydrogen-bond donors (Lipinski definition) is 1. The van der Waals surface area contributed by atoms with Crippen LogP contribution < -0.4 is 5.73 Å². The number of rotatable bonds is 4. The summed E-state index contributed by atoms with van der Waals surface area (Å²) in [5.41, 5.74) is 8.94. The van der Waals surface area contributed by atoms with Gasteiger partial charge in [-0.3, -0.25) is 4.57 Å². The summed E-state index contributed by atoms with van der Waals surface area (Å²) in [6, 6.07) is 4.23. The summed E-state index contributed by atoms with van der Waals surface area (Å²) in [4.78, 5) is 5.80. The van der Waals surface area contributed by atoms with Crippen LogP contribution in [0.5, 0.6) is 0 Å². The molecule has 0 saturated carbocycles. The molecule has 5 nitrogen and oxygen atoms in total. The monoisotopic (exact) mass is 275 g/mol. The van der Waals surface area contributed by atoms with Crippen molar-refractivity contribution in [1.82, 2.24) is 19.3 Å². The molecular formula is C13H17N5S. The highest BCUT2D eigenvalue weighted by Gasteiger charge is 2.16. The van der Waals surface area contributed by atoms with Crippen LogP contribution >= 0.6 is 11.3 Å². The molecule has 0 unspecified atom stereocenters. The van der Waals surface area contributed by atoms with Crippen molar-refractivity contribution in [3.63, 3.8) is 0 Å². The average Bonchev–Trinajstić information content (AvgIpc) is 3.06. The van der Waals surface area contributed by atoms with Crippen LogP contribution in [0.4, 0.5) is 5.95 Å². The fourth-order valence-corrected chi connectivity index (χ4v) is 3.06. The zero-order chi connectivity index (χ0) is 13.4. The second-order valence-corrected chi connectivity index (χ2v) is 5.56. The number of aromatic nitrogens is 4. The van der Waals surface area contributed by atoms with Crippen molar-refractivity contribution in [2.45, 2.75) is 33.4 Å². The Morgan fingerprint density at radius 3 is 2.95 bits per heavy atom. The van der Waals surface area contributed by atoms with Gasteiger partial charge in [0.2, 0.25) is 5.95 Å². The van der Waals surface area contributed by atoms with E-state index in [-0.39, 0.29) is 0 Å².